The lowest BCUT2D eigenvalue weighted by molar-refractivity contribution is -0.274. The molecular formula is C33H35ClF4N4O6. The van der Waals surface area contributed by atoms with Crippen LogP contribution in [0.4, 0.5) is 28.0 Å². The molecule has 0 unspecified atom stereocenters. The zero-order valence-electron chi connectivity index (χ0n) is 25.9. The van der Waals surface area contributed by atoms with Gasteiger partial charge in [-0.3, -0.25) is 9.78 Å². The first kappa shape index (κ1) is 35.3. The Labute approximate surface area is 279 Å². The number of benzene rings is 2. The molecule has 0 saturated carbocycles. The number of alkyl halides is 3. The maximum atomic E-state index is 15.3. The van der Waals surface area contributed by atoms with E-state index in [0.717, 1.165) is 38.3 Å². The molecule has 1 aromatic heterocycles. The van der Waals surface area contributed by atoms with Crippen LogP contribution in [0.1, 0.15) is 41.9 Å². The molecule has 0 aliphatic carbocycles. The lowest BCUT2D eigenvalue weighted by Crippen LogP contribution is -2.56. The number of aromatic nitrogens is 1. The molecule has 1 spiro atoms. The van der Waals surface area contributed by atoms with E-state index in [0.29, 0.717) is 43.3 Å². The second-order valence-corrected chi connectivity index (χ2v) is 12.0. The van der Waals surface area contributed by atoms with Gasteiger partial charge in [0, 0.05) is 55.6 Å². The number of carbonyl (C=O) groups is 2. The molecule has 2 amide bonds. The summed E-state index contributed by atoms with van der Waals surface area (Å²) in [7, 11) is 1.10. The van der Waals surface area contributed by atoms with Crippen molar-refractivity contribution in [1.82, 2.24) is 15.6 Å². The number of nitrogens with zero attached hydrogens (tertiary/aromatic N) is 1. The fourth-order valence-electron chi connectivity index (χ4n) is 6.07. The van der Waals surface area contributed by atoms with Crippen molar-refractivity contribution in [2.24, 2.45) is 0 Å². The number of hydrogen-bond acceptors (Lipinski definition) is 8. The summed E-state index contributed by atoms with van der Waals surface area (Å²) >= 11 is 6.10. The van der Waals surface area contributed by atoms with Gasteiger partial charge in [-0.25, -0.2) is 9.18 Å². The van der Waals surface area contributed by atoms with Crippen molar-refractivity contribution < 1.29 is 46.1 Å². The number of morpholine rings is 1. The Balaban J connectivity index is 1.44. The molecule has 3 heterocycles. The maximum Gasteiger partial charge on any atom is 0.573 e. The average molecular weight is 695 g/mol. The number of hydrogen-bond donors (Lipinski definition) is 3. The third-order valence-corrected chi connectivity index (χ3v) is 8.63. The largest absolute Gasteiger partial charge is 0.573 e. The van der Waals surface area contributed by atoms with Crippen LogP contribution in [-0.4, -0.2) is 74.5 Å². The number of ether oxygens (including phenoxy) is 4. The molecule has 0 bridgehead atoms. The second-order valence-electron chi connectivity index (χ2n) is 11.6. The van der Waals surface area contributed by atoms with Crippen LogP contribution in [-0.2, 0) is 25.4 Å². The zero-order chi connectivity index (χ0) is 34.3. The summed E-state index contributed by atoms with van der Waals surface area (Å²) in [6, 6.07) is 9.78. The number of anilines is 1. The number of carbonyl (C=O) groups excluding carboxylic acids is 2. The van der Waals surface area contributed by atoms with Crippen LogP contribution in [0.15, 0.2) is 60.9 Å². The minimum absolute atomic E-state index is 0.0604. The lowest BCUT2D eigenvalue weighted by Gasteiger charge is -2.44. The van der Waals surface area contributed by atoms with E-state index in [4.69, 9.17) is 25.8 Å². The Bertz CT molecular complexity index is 1570. The second kappa shape index (κ2) is 15.5. The number of methoxy groups -OCH3 is 1. The van der Waals surface area contributed by atoms with Gasteiger partial charge in [-0.15, -0.1) is 13.2 Å². The molecule has 3 aromatic rings. The van der Waals surface area contributed by atoms with Crippen molar-refractivity contribution >= 4 is 29.3 Å². The minimum Gasteiger partial charge on any atom is -0.453 e. The van der Waals surface area contributed by atoms with Crippen LogP contribution in [0.2, 0.25) is 5.02 Å². The number of nitrogens with one attached hydrogen (secondary N) is 3. The molecule has 258 valence electrons. The van der Waals surface area contributed by atoms with Crippen LogP contribution in [0.5, 0.6) is 5.75 Å². The summed E-state index contributed by atoms with van der Waals surface area (Å²) in [5, 5.41) is 8.95. The average Bonchev–Trinajstić information content (AvgIpc) is 3.04. The molecule has 2 saturated heterocycles. The van der Waals surface area contributed by atoms with Crippen LogP contribution >= 0.6 is 11.6 Å². The van der Waals surface area contributed by atoms with E-state index >= 15 is 4.39 Å². The SMILES string of the molecule is COC(=O)N[C@H](C(=O)Nc1cncc(F)c1CC[C@@H]1CNCC2(CCOCC2)O1)[C@@H](c1ccc(Cl)cc1)c1cccc(OC(F)(F)F)c1. The van der Waals surface area contributed by atoms with Crippen molar-refractivity contribution in [2.45, 2.75) is 55.7 Å². The van der Waals surface area contributed by atoms with Gasteiger partial charge in [0.2, 0.25) is 5.91 Å². The third kappa shape index (κ3) is 9.13. The van der Waals surface area contributed by atoms with E-state index in [2.05, 4.69) is 25.7 Å². The summed E-state index contributed by atoms with van der Waals surface area (Å²) in [4.78, 5) is 30.6. The number of rotatable bonds is 10. The van der Waals surface area contributed by atoms with E-state index in [1.165, 1.54) is 30.5 Å². The van der Waals surface area contributed by atoms with Crippen molar-refractivity contribution in [3.05, 3.63) is 88.5 Å². The van der Waals surface area contributed by atoms with Crippen molar-refractivity contribution in [3.63, 3.8) is 0 Å². The standard InChI is InChI=1S/C33H35ClF4N4O6/c1-45-31(44)42-29(28(20-5-7-22(34)8-6-20)21-3-2-4-23(15-21)48-33(36,37)38)30(43)41-27-18-39-17-26(35)25(27)10-9-24-16-40-19-32(47-24)11-13-46-14-12-32/h2-8,15,17-18,24,28-29,40H,9-14,16,19H2,1H3,(H,41,43)(H,42,44)/t24-,28+,29+/m1/s1. The van der Waals surface area contributed by atoms with Gasteiger partial charge in [0.05, 0.1) is 36.9 Å². The van der Waals surface area contributed by atoms with E-state index < -0.39 is 41.9 Å². The first-order chi connectivity index (χ1) is 22.9. The zero-order valence-corrected chi connectivity index (χ0v) is 26.7. The van der Waals surface area contributed by atoms with Gasteiger partial charge in [0.25, 0.3) is 0 Å². The Morgan fingerprint density at radius 3 is 2.58 bits per heavy atom. The highest BCUT2D eigenvalue weighted by Crippen LogP contribution is 2.35. The molecule has 2 aliphatic rings. The van der Waals surface area contributed by atoms with Gasteiger partial charge in [0.1, 0.15) is 17.6 Å². The van der Waals surface area contributed by atoms with Gasteiger partial charge in [-0.05, 0) is 48.2 Å². The fourth-order valence-corrected chi connectivity index (χ4v) is 6.20. The fraction of sp³-hybridized carbons (Fsp3) is 0.424. The molecule has 0 radical (unpaired) electrons. The predicted octanol–water partition coefficient (Wildman–Crippen LogP) is 5.74. The molecule has 3 atom stereocenters. The molecule has 2 aliphatic heterocycles. The van der Waals surface area contributed by atoms with E-state index in [1.807, 2.05) is 0 Å². The highest BCUT2D eigenvalue weighted by atomic mass is 35.5. The first-order valence-electron chi connectivity index (χ1n) is 15.3. The van der Waals surface area contributed by atoms with Crippen molar-refractivity contribution in [2.75, 3.05) is 38.7 Å². The van der Waals surface area contributed by atoms with Gasteiger partial charge in [-0.1, -0.05) is 35.9 Å². The molecule has 3 N–H and O–H groups in total. The molecular weight excluding hydrogens is 660 g/mol. The summed E-state index contributed by atoms with van der Waals surface area (Å²) in [5.74, 6) is -3.08. The minimum atomic E-state index is -4.97. The number of pyridine rings is 1. The first-order valence-corrected chi connectivity index (χ1v) is 15.7. The normalized spacial score (nSPS) is 18.8. The molecule has 5 rings (SSSR count). The van der Waals surface area contributed by atoms with Gasteiger partial charge in [-0.2, -0.15) is 0 Å². The van der Waals surface area contributed by atoms with Crippen LogP contribution in [0, 0.1) is 5.82 Å². The highest BCUT2D eigenvalue weighted by Gasteiger charge is 2.39. The molecule has 15 heteroatoms. The molecule has 2 fully saturated rings. The molecule has 10 nitrogen and oxygen atoms in total. The van der Waals surface area contributed by atoms with Crippen molar-refractivity contribution in [1.29, 1.82) is 0 Å². The van der Waals surface area contributed by atoms with Crippen LogP contribution in [0.3, 0.4) is 0 Å². The van der Waals surface area contributed by atoms with Gasteiger partial charge < -0.3 is 34.9 Å². The third-order valence-electron chi connectivity index (χ3n) is 8.37. The van der Waals surface area contributed by atoms with E-state index in [-0.39, 0.29) is 34.9 Å². The number of amides is 2. The maximum absolute atomic E-state index is 15.3. The van der Waals surface area contributed by atoms with Crippen LogP contribution < -0.4 is 20.7 Å². The van der Waals surface area contributed by atoms with Crippen LogP contribution in [0.25, 0.3) is 0 Å². The predicted molar refractivity (Wildman–Crippen MR) is 167 cm³/mol. The van der Waals surface area contributed by atoms with Gasteiger partial charge in [0.15, 0.2) is 0 Å². The quantitative estimate of drug-likeness (QED) is 0.230. The van der Waals surface area contributed by atoms with Crippen molar-refractivity contribution in [3.8, 4) is 5.75 Å². The monoisotopic (exact) mass is 694 g/mol. The molecule has 2 aromatic carbocycles. The summed E-state index contributed by atoms with van der Waals surface area (Å²) in [6.45, 7) is 2.47. The summed E-state index contributed by atoms with van der Waals surface area (Å²) in [6.07, 6.45) is -1.73. The lowest BCUT2D eigenvalue weighted by atomic mass is 9.84. The Morgan fingerprint density at radius 1 is 1.12 bits per heavy atom. The van der Waals surface area contributed by atoms with Gasteiger partial charge >= 0.3 is 12.5 Å². The summed E-state index contributed by atoms with van der Waals surface area (Å²) < 4.78 is 75.4. The van der Waals surface area contributed by atoms with E-state index in [1.54, 1.807) is 12.1 Å². The summed E-state index contributed by atoms with van der Waals surface area (Å²) in [5.41, 5.74) is 0.499. The van der Waals surface area contributed by atoms with E-state index in [9.17, 15) is 22.8 Å². The molecule has 48 heavy (non-hydrogen) atoms. The Morgan fingerprint density at radius 2 is 1.88 bits per heavy atom. The highest BCUT2D eigenvalue weighted by molar-refractivity contribution is 6.30. The number of halogens is 5. The smallest absolute Gasteiger partial charge is 0.453 e. The Kier molecular flexibility index (Phi) is 11.4. The number of alkyl carbamates (subject to hydrolysis) is 1. The topological polar surface area (TPSA) is 120 Å². The Hall–Kier alpha value is -3.98.